The highest BCUT2D eigenvalue weighted by Gasteiger charge is 2.18. The van der Waals surface area contributed by atoms with Crippen molar-refractivity contribution in [2.75, 3.05) is 13.7 Å². The number of amides is 1. The number of nitrogens with zero attached hydrogens (tertiary/aromatic N) is 5. The van der Waals surface area contributed by atoms with Crippen molar-refractivity contribution in [2.45, 2.75) is 20.0 Å². The molecule has 3 heterocycles. The number of ether oxygens (including phenoxy) is 1. The molecule has 0 bridgehead atoms. The Hall–Kier alpha value is -2.84. The molecule has 27 heavy (non-hydrogen) atoms. The van der Waals surface area contributed by atoms with Crippen LogP contribution in [0.15, 0.2) is 41.8 Å². The molecule has 4 rings (SSSR count). The summed E-state index contributed by atoms with van der Waals surface area (Å²) in [7, 11) is 1.53. The molecule has 4 aromatic rings. The molecule has 3 aromatic heterocycles. The van der Waals surface area contributed by atoms with Gasteiger partial charge < -0.3 is 9.64 Å². The van der Waals surface area contributed by atoms with E-state index >= 15 is 0 Å². The first kappa shape index (κ1) is 17.6. The summed E-state index contributed by atoms with van der Waals surface area (Å²) < 4.78 is 6.80. The summed E-state index contributed by atoms with van der Waals surface area (Å²) in [5.74, 6) is -0.0690. The van der Waals surface area contributed by atoms with Gasteiger partial charge in [-0.05, 0) is 46.5 Å². The monoisotopic (exact) mass is 381 g/mol. The average Bonchev–Trinajstić information content (AvgIpc) is 3.33. The molecular weight excluding hydrogens is 362 g/mol. The van der Waals surface area contributed by atoms with Crippen molar-refractivity contribution in [3.8, 4) is 0 Å². The van der Waals surface area contributed by atoms with Crippen LogP contribution in [0.2, 0.25) is 0 Å². The van der Waals surface area contributed by atoms with Gasteiger partial charge in [0.25, 0.3) is 0 Å². The zero-order chi connectivity index (χ0) is 18.8. The summed E-state index contributed by atoms with van der Waals surface area (Å²) in [6, 6.07) is 12.2. The fourth-order valence-electron chi connectivity index (χ4n) is 3.12. The van der Waals surface area contributed by atoms with Crippen LogP contribution in [-0.4, -0.2) is 44.6 Å². The molecule has 0 aliphatic carbocycles. The van der Waals surface area contributed by atoms with Crippen molar-refractivity contribution in [2.24, 2.45) is 0 Å². The lowest BCUT2D eigenvalue weighted by Crippen LogP contribution is -2.32. The van der Waals surface area contributed by atoms with Gasteiger partial charge in [0.2, 0.25) is 5.91 Å². The molecule has 1 amide bonds. The Labute approximate surface area is 160 Å². The van der Waals surface area contributed by atoms with Gasteiger partial charge in [-0.3, -0.25) is 4.79 Å². The van der Waals surface area contributed by atoms with Gasteiger partial charge >= 0.3 is 0 Å². The minimum absolute atomic E-state index is 0.0410. The van der Waals surface area contributed by atoms with E-state index in [1.54, 1.807) is 20.8 Å². The number of aromatic nitrogens is 4. The fourth-order valence-corrected chi connectivity index (χ4v) is 3.84. The standard InChI is InChI=1S/C19H19N5O2S/c1-13-5-6-14-9-15(19-20-21-22-24(19)17(14)8-13)10-23(18(25)12-26-2)11-16-4-3-7-27-16/h3-9H,10-12H2,1-2H3. The Kier molecular flexibility index (Phi) is 4.83. The van der Waals surface area contributed by atoms with Gasteiger partial charge in [-0.15, -0.1) is 16.4 Å². The number of tetrazole rings is 1. The van der Waals surface area contributed by atoms with Gasteiger partial charge in [-0.25, -0.2) is 0 Å². The van der Waals surface area contributed by atoms with Gasteiger partial charge in [0, 0.05) is 29.5 Å². The van der Waals surface area contributed by atoms with Gasteiger partial charge in [0.1, 0.15) is 6.61 Å². The number of rotatable bonds is 6. The molecule has 0 saturated carbocycles. The van der Waals surface area contributed by atoms with Crippen LogP contribution in [0.1, 0.15) is 16.0 Å². The molecule has 7 nitrogen and oxygen atoms in total. The van der Waals surface area contributed by atoms with E-state index < -0.39 is 0 Å². The number of hydrogen-bond donors (Lipinski definition) is 0. The number of carbonyl (C=O) groups is 1. The van der Waals surface area contributed by atoms with Gasteiger partial charge in [-0.1, -0.05) is 18.2 Å². The first-order valence-electron chi connectivity index (χ1n) is 8.55. The molecular formula is C19H19N5O2S. The van der Waals surface area contributed by atoms with E-state index in [1.165, 1.54) is 7.11 Å². The molecule has 0 saturated heterocycles. The van der Waals surface area contributed by atoms with Crippen molar-refractivity contribution < 1.29 is 9.53 Å². The van der Waals surface area contributed by atoms with Crippen molar-refractivity contribution in [3.63, 3.8) is 0 Å². The minimum atomic E-state index is -0.0690. The SMILES string of the molecule is COCC(=O)N(Cc1cccs1)Cc1cc2ccc(C)cc2n2nnnc12. The zero-order valence-corrected chi connectivity index (χ0v) is 15.9. The molecule has 138 valence electrons. The first-order valence-corrected chi connectivity index (χ1v) is 9.43. The highest BCUT2D eigenvalue weighted by Crippen LogP contribution is 2.23. The lowest BCUT2D eigenvalue weighted by Gasteiger charge is -2.22. The average molecular weight is 381 g/mol. The highest BCUT2D eigenvalue weighted by molar-refractivity contribution is 7.09. The quantitative estimate of drug-likeness (QED) is 0.513. The maximum absolute atomic E-state index is 12.6. The first-order chi connectivity index (χ1) is 13.2. The molecule has 0 aliphatic rings. The molecule has 0 aliphatic heterocycles. The lowest BCUT2D eigenvalue weighted by molar-refractivity contribution is -0.136. The lowest BCUT2D eigenvalue weighted by atomic mass is 10.1. The summed E-state index contributed by atoms with van der Waals surface area (Å²) in [6.07, 6.45) is 0. The fraction of sp³-hybridized carbons (Fsp3) is 0.263. The Morgan fingerprint density at radius 1 is 1.26 bits per heavy atom. The van der Waals surface area contributed by atoms with Crippen LogP contribution in [-0.2, 0) is 22.6 Å². The van der Waals surface area contributed by atoms with Crippen molar-refractivity contribution in [1.82, 2.24) is 24.9 Å². The van der Waals surface area contributed by atoms with E-state index in [0.717, 1.165) is 26.9 Å². The number of fused-ring (bicyclic) bond motifs is 3. The number of pyridine rings is 1. The molecule has 0 unspecified atom stereocenters. The Morgan fingerprint density at radius 3 is 2.93 bits per heavy atom. The molecule has 0 N–H and O–H groups in total. The molecule has 0 atom stereocenters. The van der Waals surface area contributed by atoms with Crippen molar-refractivity contribution in [1.29, 1.82) is 0 Å². The third-order valence-corrected chi connectivity index (χ3v) is 5.27. The second-order valence-electron chi connectivity index (χ2n) is 6.41. The third kappa shape index (κ3) is 3.54. The summed E-state index contributed by atoms with van der Waals surface area (Å²) in [4.78, 5) is 15.5. The molecule has 8 heteroatoms. The van der Waals surface area contributed by atoms with Crippen LogP contribution in [0.3, 0.4) is 0 Å². The molecule has 1 aromatic carbocycles. The Bertz CT molecular complexity index is 1090. The van der Waals surface area contributed by atoms with E-state index in [0.29, 0.717) is 18.7 Å². The normalized spacial score (nSPS) is 11.3. The summed E-state index contributed by atoms with van der Waals surface area (Å²) >= 11 is 1.63. The van der Waals surface area contributed by atoms with Gasteiger partial charge in [0.05, 0.1) is 12.1 Å². The van der Waals surface area contributed by atoms with E-state index in [9.17, 15) is 4.79 Å². The highest BCUT2D eigenvalue weighted by atomic mass is 32.1. The van der Waals surface area contributed by atoms with Crippen LogP contribution in [0, 0.1) is 6.92 Å². The number of thiophene rings is 1. The van der Waals surface area contributed by atoms with Crippen molar-refractivity contribution in [3.05, 3.63) is 57.8 Å². The second-order valence-corrected chi connectivity index (χ2v) is 7.44. The summed E-state index contributed by atoms with van der Waals surface area (Å²) in [6.45, 7) is 3.02. The zero-order valence-electron chi connectivity index (χ0n) is 15.1. The number of hydrogen-bond acceptors (Lipinski definition) is 6. The van der Waals surface area contributed by atoms with Crippen molar-refractivity contribution >= 4 is 33.8 Å². The predicted molar refractivity (Wildman–Crippen MR) is 103 cm³/mol. The largest absolute Gasteiger partial charge is 0.375 e. The molecule has 0 fully saturated rings. The number of benzene rings is 1. The van der Waals surface area contributed by atoms with Crippen LogP contribution >= 0.6 is 11.3 Å². The van der Waals surface area contributed by atoms with Gasteiger partial charge in [0.15, 0.2) is 5.65 Å². The Morgan fingerprint density at radius 2 is 2.15 bits per heavy atom. The summed E-state index contributed by atoms with van der Waals surface area (Å²) in [5, 5.41) is 15.2. The van der Waals surface area contributed by atoms with E-state index in [2.05, 4.69) is 39.8 Å². The minimum Gasteiger partial charge on any atom is -0.375 e. The van der Waals surface area contributed by atoms with Crippen LogP contribution < -0.4 is 0 Å². The van der Waals surface area contributed by atoms with Crippen LogP contribution in [0.4, 0.5) is 0 Å². The second kappa shape index (κ2) is 7.42. The Balaban J connectivity index is 1.75. The maximum Gasteiger partial charge on any atom is 0.249 e. The summed E-state index contributed by atoms with van der Waals surface area (Å²) in [5.41, 5.74) is 3.65. The molecule has 0 radical (unpaired) electrons. The number of methoxy groups -OCH3 is 1. The molecule has 0 spiro atoms. The smallest absolute Gasteiger partial charge is 0.249 e. The third-order valence-electron chi connectivity index (χ3n) is 4.41. The number of aryl methyl sites for hydroxylation is 1. The van der Waals surface area contributed by atoms with Gasteiger partial charge in [-0.2, -0.15) is 4.52 Å². The van der Waals surface area contributed by atoms with Crippen LogP contribution in [0.5, 0.6) is 0 Å². The van der Waals surface area contributed by atoms with E-state index in [-0.39, 0.29) is 12.5 Å². The maximum atomic E-state index is 12.6. The van der Waals surface area contributed by atoms with E-state index in [1.807, 2.05) is 24.4 Å². The van der Waals surface area contributed by atoms with Crippen LogP contribution in [0.25, 0.3) is 16.6 Å². The predicted octanol–water partition coefficient (Wildman–Crippen LogP) is 2.82. The van der Waals surface area contributed by atoms with E-state index in [4.69, 9.17) is 4.74 Å². The number of carbonyl (C=O) groups excluding carboxylic acids is 1. The topological polar surface area (TPSA) is 72.6 Å².